The first-order valence-corrected chi connectivity index (χ1v) is 12.7. The molecule has 198 valence electrons. The Hall–Kier alpha value is -4.63. The van der Waals surface area contributed by atoms with Crippen molar-refractivity contribution in [2.45, 2.75) is 33.4 Å². The van der Waals surface area contributed by atoms with E-state index in [9.17, 15) is 9.59 Å². The van der Waals surface area contributed by atoms with Crippen molar-refractivity contribution in [2.75, 3.05) is 18.9 Å². The second-order valence-corrected chi connectivity index (χ2v) is 9.68. The number of aromatic nitrogens is 2. The van der Waals surface area contributed by atoms with E-state index < -0.39 is 0 Å². The molecule has 0 fully saturated rings. The van der Waals surface area contributed by atoms with Crippen molar-refractivity contribution < 1.29 is 14.4 Å². The SMILES string of the molecule is CC1=NC(CCN(C)C(=O)c2ccc(NC(=O)c3cc(-c4ccccn4)nc4c(C)cc(C)cc34)cc2)ON1. The maximum atomic E-state index is 13.5. The molecule has 9 heteroatoms. The van der Waals surface area contributed by atoms with Gasteiger partial charge in [-0.3, -0.25) is 20.1 Å². The van der Waals surface area contributed by atoms with E-state index in [1.807, 2.05) is 45.0 Å². The topological polar surface area (TPSA) is 109 Å². The highest BCUT2D eigenvalue weighted by molar-refractivity contribution is 6.13. The molecule has 0 aliphatic carbocycles. The van der Waals surface area contributed by atoms with Crippen molar-refractivity contribution in [3.05, 3.63) is 89.1 Å². The summed E-state index contributed by atoms with van der Waals surface area (Å²) in [4.78, 5) is 46.9. The smallest absolute Gasteiger partial charge is 0.256 e. The molecule has 1 atom stereocenters. The largest absolute Gasteiger partial charge is 0.342 e. The minimum absolute atomic E-state index is 0.120. The Morgan fingerprint density at radius 3 is 2.51 bits per heavy atom. The van der Waals surface area contributed by atoms with E-state index in [0.29, 0.717) is 41.2 Å². The summed E-state index contributed by atoms with van der Waals surface area (Å²) in [6.45, 7) is 6.31. The first-order chi connectivity index (χ1) is 18.8. The second kappa shape index (κ2) is 11.0. The van der Waals surface area contributed by atoms with Gasteiger partial charge in [0.25, 0.3) is 11.8 Å². The molecular formula is C30H30N6O3. The monoisotopic (exact) mass is 522 g/mol. The molecule has 0 spiro atoms. The van der Waals surface area contributed by atoms with Crippen LogP contribution in [0.5, 0.6) is 0 Å². The standard InChI is InChI=1S/C30H30N6O3/c1-18-15-19(2)28-23(16-18)24(17-26(34-28)25-7-5-6-13-31-25)29(37)33-22-10-8-21(9-11-22)30(38)36(4)14-12-27-32-20(3)35-39-27/h5-11,13,15-17,27H,12,14H2,1-4H3,(H,32,35)(H,33,37). The summed E-state index contributed by atoms with van der Waals surface area (Å²) in [7, 11) is 1.74. The fourth-order valence-electron chi connectivity index (χ4n) is 4.58. The average molecular weight is 523 g/mol. The summed E-state index contributed by atoms with van der Waals surface area (Å²) in [5.74, 6) is 0.344. The third-order valence-corrected chi connectivity index (χ3v) is 6.55. The molecule has 1 unspecified atom stereocenters. The highest BCUT2D eigenvalue weighted by atomic mass is 16.7. The van der Waals surface area contributed by atoms with Crippen LogP contribution in [0.4, 0.5) is 5.69 Å². The van der Waals surface area contributed by atoms with Gasteiger partial charge in [0.05, 0.1) is 22.5 Å². The lowest BCUT2D eigenvalue weighted by atomic mass is 10.00. The number of hydroxylamine groups is 1. The Morgan fingerprint density at radius 1 is 1.03 bits per heavy atom. The summed E-state index contributed by atoms with van der Waals surface area (Å²) in [6.07, 6.45) is 1.99. The zero-order chi connectivity index (χ0) is 27.5. The average Bonchev–Trinajstić information content (AvgIpc) is 3.36. The zero-order valence-electron chi connectivity index (χ0n) is 22.4. The van der Waals surface area contributed by atoms with Gasteiger partial charge in [0.15, 0.2) is 6.23 Å². The number of amides is 2. The molecule has 2 aromatic carbocycles. The minimum atomic E-state index is -0.298. The van der Waals surface area contributed by atoms with E-state index in [-0.39, 0.29) is 18.0 Å². The zero-order valence-corrected chi connectivity index (χ0v) is 22.4. The number of hydrogen-bond acceptors (Lipinski definition) is 7. The molecule has 0 saturated carbocycles. The van der Waals surface area contributed by atoms with Crippen molar-refractivity contribution in [3.8, 4) is 11.4 Å². The van der Waals surface area contributed by atoms with Gasteiger partial charge in [0.2, 0.25) is 0 Å². The number of carbonyl (C=O) groups is 2. The van der Waals surface area contributed by atoms with Gasteiger partial charge in [0.1, 0.15) is 5.84 Å². The van der Waals surface area contributed by atoms with Crippen molar-refractivity contribution >= 4 is 34.2 Å². The minimum Gasteiger partial charge on any atom is -0.342 e. The number of rotatable bonds is 7. The molecular weight excluding hydrogens is 492 g/mol. The van der Waals surface area contributed by atoms with Gasteiger partial charge in [-0.05, 0) is 74.9 Å². The molecule has 0 bridgehead atoms. The van der Waals surface area contributed by atoms with Crippen LogP contribution < -0.4 is 10.8 Å². The molecule has 1 aliphatic heterocycles. The lowest BCUT2D eigenvalue weighted by Gasteiger charge is -2.18. The van der Waals surface area contributed by atoms with Crippen LogP contribution in [0.3, 0.4) is 0 Å². The van der Waals surface area contributed by atoms with Crippen molar-refractivity contribution in [1.29, 1.82) is 0 Å². The number of nitrogens with zero attached hydrogens (tertiary/aromatic N) is 4. The maximum Gasteiger partial charge on any atom is 0.256 e. The van der Waals surface area contributed by atoms with Gasteiger partial charge >= 0.3 is 0 Å². The number of carbonyl (C=O) groups excluding carboxylic acids is 2. The third-order valence-electron chi connectivity index (χ3n) is 6.55. The van der Waals surface area contributed by atoms with Gasteiger partial charge in [-0.2, -0.15) is 0 Å². The molecule has 0 saturated heterocycles. The fourth-order valence-corrected chi connectivity index (χ4v) is 4.58. The normalized spacial score (nSPS) is 14.6. The first-order valence-electron chi connectivity index (χ1n) is 12.7. The van der Waals surface area contributed by atoms with Crippen LogP contribution in [0, 0.1) is 13.8 Å². The number of hydrogen-bond donors (Lipinski definition) is 2. The summed E-state index contributed by atoms with van der Waals surface area (Å²) in [6, 6.07) is 18.3. The summed E-state index contributed by atoms with van der Waals surface area (Å²) in [5, 5.41) is 3.76. The molecule has 0 radical (unpaired) electrons. The van der Waals surface area contributed by atoms with Crippen LogP contribution in [-0.2, 0) is 4.84 Å². The molecule has 4 aromatic rings. The number of pyridine rings is 2. The van der Waals surface area contributed by atoms with Crippen LogP contribution in [-0.4, -0.2) is 52.3 Å². The Kier molecular flexibility index (Phi) is 7.33. The predicted molar refractivity (Wildman–Crippen MR) is 152 cm³/mol. The Morgan fingerprint density at radius 2 is 1.82 bits per heavy atom. The maximum absolute atomic E-state index is 13.5. The van der Waals surface area contributed by atoms with Crippen molar-refractivity contribution in [3.63, 3.8) is 0 Å². The number of aryl methyl sites for hydroxylation is 2. The van der Waals surface area contributed by atoms with Crippen LogP contribution >= 0.6 is 0 Å². The number of fused-ring (bicyclic) bond motifs is 1. The molecule has 39 heavy (non-hydrogen) atoms. The van der Waals surface area contributed by atoms with E-state index in [0.717, 1.165) is 27.9 Å². The third kappa shape index (κ3) is 5.78. The Labute approximate surface area is 226 Å². The number of anilines is 1. The van der Waals surface area contributed by atoms with Gasteiger partial charge in [-0.15, -0.1) is 0 Å². The second-order valence-electron chi connectivity index (χ2n) is 9.68. The lowest BCUT2D eigenvalue weighted by Crippen LogP contribution is -2.30. The van der Waals surface area contributed by atoms with Gasteiger partial charge < -0.3 is 10.2 Å². The van der Waals surface area contributed by atoms with Gasteiger partial charge in [-0.25, -0.2) is 14.8 Å². The fraction of sp³-hybridized carbons (Fsp3) is 0.233. The molecule has 5 rings (SSSR count). The van der Waals surface area contributed by atoms with Crippen molar-refractivity contribution in [2.24, 2.45) is 4.99 Å². The van der Waals surface area contributed by atoms with E-state index in [1.165, 1.54) is 0 Å². The van der Waals surface area contributed by atoms with Gasteiger partial charge in [0, 0.05) is 42.8 Å². The van der Waals surface area contributed by atoms with Gasteiger partial charge in [-0.1, -0.05) is 17.7 Å². The number of amidine groups is 1. The van der Waals surface area contributed by atoms with E-state index >= 15 is 0 Å². The summed E-state index contributed by atoms with van der Waals surface area (Å²) >= 11 is 0. The van der Waals surface area contributed by atoms with Crippen LogP contribution in [0.15, 0.2) is 71.9 Å². The Balaban J connectivity index is 1.34. The quantitative estimate of drug-likeness (QED) is 0.357. The lowest BCUT2D eigenvalue weighted by molar-refractivity contribution is 0.0277. The van der Waals surface area contributed by atoms with Crippen LogP contribution in [0.25, 0.3) is 22.3 Å². The summed E-state index contributed by atoms with van der Waals surface area (Å²) < 4.78 is 0. The van der Waals surface area contributed by atoms with E-state index in [2.05, 4.69) is 26.8 Å². The molecule has 2 aromatic heterocycles. The highest BCUT2D eigenvalue weighted by Crippen LogP contribution is 2.28. The Bertz CT molecular complexity index is 1570. The number of aliphatic imine (C=N–C) groups is 1. The summed E-state index contributed by atoms with van der Waals surface area (Å²) in [5.41, 5.74) is 8.46. The highest BCUT2D eigenvalue weighted by Gasteiger charge is 2.19. The molecule has 2 N–H and O–H groups in total. The predicted octanol–water partition coefficient (Wildman–Crippen LogP) is 4.91. The number of nitrogens with one attached hydrogen (secondary N) is 2. The molecule has 3 heterocycles. The molecule has 2 amide bonds. The van der Waals surface area contributed by atoms with Crippen LogP contribution in [0.2, 0.25) is 0 Å². The first kappa shape index (κ1) is 26.0. The van der Waals surface area contributed by atoms with E-state index in [4.69, 9.17) is 9.82 Å². The molecule has 1 aliphatic rings. The molecule has 9 nitrogen and oxygen atoms in total. The van der Waals surface area contributed by atoms with Crippen molar-refractivity contribution in [1.82, 2.24) is 20.3 Å². The van der Waals surface area contributed by atoms with Crippen LogP contribution in [0.1, 0.15) is 45.2 Å². The number of benzene rings is 2. The van der Waals surface area contributed by atoms with E-state index in [1.54, 1.807) is 48.5 Å².